The van der Waals surface area contributed by atoms with Gasteiger partial charge >= 0.3 is 11.9 Å². The molecule has 3 heterocycles. The molecule has 278 valence electrons. The number of fused-ring (bicyclic) bond motifs is 2. The van der Waals surface area contributed by atoms with E-state index in [-0.39, 0.29) is 37.7 Å². The number of halogens is 1. The number of nitrogens with zero attached hydrogens (tertiary/aromatic N) is 2. The number of carbonyl (C=O) groups is 2. The molecule has 3 aromatic carbocycles. The van der Waals surface area contributed by atoms with Crippen LogP contribution in [0.1, 0.15) is 50.4 Å². The summed E-state index contributed by atoms with van der Waals surface area (Å²) in [6, 6.07) is 13.4. The highest BCUT2D eigenvalue weighted by molar-refractivity contribution is 9.10. The largest absolute Gasteiger partial charge is 0.490 e. The zero-order valence-electron chi connectivity index (χ0n) is 29.7. The molecule has 0 amide bonds. The number of ether oxygens (including phenoxy) is 8. The van der Waals surface area contributed by atoms with Crippen LogP contribution in [-0.4, -0.2) is 56.8 Å². The van der Waals surface area contributed by atoms with Gasteiger partial charge in [0.25, 0.3) is 5.56 Å². The van der Waals surface area contributed by atoms with Crippen molar-refractivity contribution in [2.75, 3.05) is 40.3 Å². The molecule has 0 aliphatic carbocycles. The van der Waals surface area contributed by atoms with E-state index in [9.17, 15) is 14.4 Å². The van der Waals surface area contributed by atoms with Gasteiger partial charge in [-0.15, -0.1) is 0 Å². The van der Waals surface area contributed by atoms with Crippen molar-refractivity contribution in [3.05, 3.63) is 101 Å². The van der Waals surface area contributed by atoms with Gasteiger partial charge in [0.05, 0.1) is 53.2 Å². The van der Waals surface area contributed by atoms with Crippen molar-refractivity contribution < 1.29 is 47.5 Å². The first-order chi connectivity index (χ1) is 25.6. The van der Waals surface area contributed by atoms with Crippen molar-refractivity contribution in [3.63, 3.8) is 0 Å². The van der Waals surface area contributed by atoms with Crippen LogP contribution >= 0.6 is 27.3 Å². The molecule has 0 unspecified atom stereocenters. The fourth-order valence-corrected chi connectivity index (χ4v) is 7.42. The number of hydrogen-bond acceptors (Lipinski definition) is 13. The minimum Gasteiger partial charge on any atom is -0.490 e. The van der Waals surface area contributed by atoms with Crippen LogP contribution in [-0.2, 0) is 25.7 Å². The Balaban J connectivity index is 1.39. The minimum atomic E-state index is -0.904. The first-order valence-electron chi connectivity index (χ1n) is 16.8. The van der Waals surface area contributed by atoms with Crippen molar-refractivity contribution in [1.29, 1.82) is 0 Å². The third-order valence-electron chi connectivity index (χ3n) is 8.12. The molecule has 0 saturated carbocycles. The van der Waals surface area contributed by atoms with Crippen molar-refractivity contribution in [2.45, 2.75) is 40.3 Å². The van der Waals surface area contributed by atoms with Gasteiger partial charge in [0, 0.05) is 0 Å². The predicted octanol–water partition coefficient (Wildman–Crippen LogP) is 5.22. The molecule has 2 aliphatic heterocycles. The number of rotatable bonds is 14. The summed E-state index contributed by atoms with van der Waals surface area (Å²) in [6.45, 7) is 8.01. The lowest BCUT2D eigenvalue weighted by atomic mass is 9.95. The number of hydrogen-bond donors (Lipinski definition) is 0. The lowest BCUT2D eigenvalue weighted by molar-refractivity contribution is -0.143. The molecule has 0 radical (unpaired) electrons. The molecule has 0 spiro atoms. The molecule has 6 rings (SSSR count). The van der Waals surface area contributed by atoms with Gasteiger partial charge in [-0.2, -0.15) is 0 Å². The maximum atomic E-state index is 14.3. The van der Waals surface area contributed by atoms with E-state index in [4.69, 9.17) is 37.9 Å². The third kappa shape index (κ3) is 8.05. The molecule has 4 aromatic rings. The van der Waals surface area contributed by atoms with Gasteiger partial charge in [0.15, 0.2) is 45.9 Å². The summed E-state index contributed by atoms with van der Waals surface area (Å²) in [6.07, 6.45) is 1.74. The molecule has 1 atom stereocenters. The second-order valence-corrected chi connectivity index (χ2v) is 13.4. The van der Waals surface area contributed by atoms with Crippen LogP contribution in [0.25, 0.3) is 6.08 Å². The fraction of sp³-hybridized carbons (Fsp3) is 0.316. The second kappa shape index (κ2) is 16.6. The van der Waals surface area contributed by atoms with Gasteiger partial charge in [0.2, 0.25) is 6.79 Å². The lowest BCUT2D eigenvalue weighted by Crippen LogP contribution is -2.40. The standard InChI is InChI=1S/C38H37BrN2O11S/c1-6-46-29-17-24(10-12-26(29)49-19-32(42)45-5)34-33(37(44)48-8-3)21(4)40-38-41(34)36(43)31(53-38)16-23-13-25(39)35(30(15-23)47-7-2)50-18-22-9-11-27-28(14-22)52-20-51-27/h9-17,34H,6-8,18-20H2,1-5H3/b31-16-/t34-/m1/s1. The van der Waals surface area contributed by atoms with E-state index in [1.165, 1.54) is 23.0 Å². The Morgan fingerprint density at radius 3 is 2.47 bits per heavy atom. The molecular weight excluding hydrogens is 772 g/mol. The minimum absolute atomic E-state index is 0.130. The van der Waals surface area contributed by atoms with E-state index in [1.54, 1.807) is 51.1 Å². The molecule has 0 bridgehead atoms. The first-order valence-corrected chi connectivity index (χ1v) is 18.4. The van der Waals surface area contributed by atoms with Crippen LogP contribution in [0.2, 0.25) is 0 Å². The van der Waals surface area contributed by atoms with Gasteiger partial charge in [0.1, 0.15) is 6.61 Å². The Morgan fingerprint density at radius 2 is 1.72 bits per heavy atom. The molecule has 15 heteroatoms. The summed E-state index contributed by atoms with van der Waals surface area (Å²) in [5.41, 5.74) is 2.36. The molecule has 0 N–H and O–H groups in total. The van der Waals surface area contributed by atoms with E-state index >= 15 is 0 Å². The number of esters is 2. The maximum Gasteiger partial charge on any atom is 0.343 e. The van der Waals surface area contributed by atoms with Crippen LogP contribution in [0.5, 0.6) is 34.5 Å². The summed E-state index contributed by atoms with van der Waals surface area (Å²) in [5.74, 6) is 1.80. The average molecular weight is 810 g/mol. The molecule has 1 aromatic heterocycles. The fourth-order valence-electron chi connectivity index (χ4n) is 5.80. The van der Waals surface area contributed by atoms with Crippen LogP contribution < -0.4 is 43.3 Å². The van der Waals surface area contributed by atoms with Crippen LogP contribution in [0.15, 0.2) is 74.1 Å². The quantitative estimate of drug-likeness (QED) is 0.155. The summed E-state index contributed by atoms with van der Waals surface area (Å²) in [5, 5.41) is 0. The summed E-state index contributed by atoms with van der Waals surface area (Å²) in [4.78, 5) is 44.6. The molecule has 53 heavy (non-hydrogen) atoms. The summed E-state index contributed by atoms with van der Waals surface area (Å²) >= 11 is 4.83. The highest BCUT2D eigenvalue weighted by Gasteiger charge is 2.34. The van der Waals surface area contributed by atoms with Gasteiger partial charge in [-0.05, 0) is 103 Å². The van der Waals surface area contributed by atoms with Crippen molar-refractivity contribution >= 4 is 45.3 Å². The first kappa shape index (κ1) is 37.5. The average Bonchev–Trinajstić information content (AvgIpc) is 3.73. The van der Waals surface area contributed by atoms with Crippen molar-refractivity contribution in [3.8, 4) is 34.5 Å². The number of aromatic nitrogens is 1. The van der Waals surface area contributed by atoms with E-state index in [0.717, 1.165) is 5.56 Å². The van der Waals surface area contributed by atoms with E-state index in [0.29, 0.717) is 78.3 Å². The Hall–Kier alpha value is -5.28. The number of allylic oxidation sites excluding steroid dienone is 1. The monoisotopic (exact) mass is 808 g/mol. The van der Waals surface area contributed by atoms with Gasteiger partial charge in [-0.25, -0.2) is 14.6 Å². The van der Waals surface area contributed by atoms with Crippen LogP contribution in [0.3, 0.4) is 0 Å². The SMILES string of the molecule is CCOC(=O)C1=C(C)N=c2s/c(=C\c3cc(Br)c(OCc4ccc5c(c4)OCO5)c(OCC)c3)c(=O)n2[C@@H]1c1ccc(OCC(=O)OC)c(OCC)c1. The molecular formula is C38H37BrN2O11S. The van der Waals surface area contributed by atoms with E-state index in [1.807, 2.05) is 31.2 Å². The normalized spacial score (nSPS) is 14.7. The molecule has 0 fully saturated rings. The predicted molar refractivity (Wildman–Crippen MR) is 198 cm³/mol. The molecule has 0 saturated heterocycles. The smallest absolute Gasteiger partial charge is 0.343 e. The summed E-state index contributed by atoms with van der Waals surface area (Å²) in [7, 11) is 1.27. The Bertz CT molecular complexity index is 2260. The molecule has 2 aliphatic rings. The van der Waals surface area contributed by atoms with Gasteiger partial charge in [-0.3, -0.25) is 9.36 Å². The Morgan fingerprint density at radius 1 is 0.943 bits per heavy atom. The number of methoxy groups -OCH3 is 1. The van der Waals surface area contributed by atoms with Crippen molar-refractivity contribution in [2.24, 2.45) is 4.99 Å². The lowest BCUT2D eigenvalue weighted by Gasteiger charge is -2.25. The summed E-state index contributed by atoms with van der Waals surface area (Å²) < 4.78 is 47.2. The second-order valence-electron chi connectivity index (χ2n) is 11.5. The maximum absolute atomic E-state index is 14.3. The molecule has 13 nitrogen and oxygen atoms in total. The van der Waals surface area contributed by atoms with Gasteiger partial charge < -0.3 is 37.9 Å². The van der Waals surface area contributed by atoms with Crippen LogP contribution in [0.4, 0.5) is 0 Å². The Labute approximate surface area is 317 Å². The van der Waals surface area contributed by atoms with E-state index in [2.05, 4.69) is 20.9 Å². The highest BCUT2D eigenvalue weighted by atomic mass is 79.9. The third-order valence-corrected chi connectivity index (χ3v) is 9.70. The van der Waals surface area contributed by atoms with Crippen molar-refractivity contribution in [1.82, 2.24) is 4.57 Å². The number of benzene rings is 3. The zero-order valence-corrected chi connectivity index (χ0v) is 32.1. The number of thiazole rings is 1. The highest BCUT2D eigenvalue weighted by Crippen LogP contribution is 2.39. The zero-order chi connectivity index (χ0) is 37.6. The topological polar surface area (TPSA) is 142 Å². The Kier molecular flexibility index (Phi) is 11.7. The van der Waals surface area contributed by atoms with Crippen LogP contribution in [0, 0.1) is 0 Å². The van der Waals surface area contributed by atoms with E-state index < -0.39 is 18.0 Å². The van der Waals surface area contributed by atoms with Gasteiger partial charge in [-0.1, -0.05) is 23.5 Å². The number of carbonyl (C=O) groups excluding carboxylic acids is 2.